The van der Waals surface area contributed by atoms with Gasteiger partial charge in [-0.05, 0) is 42.3 Å². The molecule has 31 heavy (non-hydrogen) atoms. The molecule has 1 unspecified atom stereocenters. The van der Waals surface area contributed by atoms with Gasteiger partial charge >= 0.3 is 0 Å². The van der Waals surface area contributed by atoms with Crippen LogP contribution in [-0.2, 0) is 32.7 Å². The normalized spacial score (nSPS) is 12.5. The number of carbonyl (C=O) groups is 2. The Morgan fingerprint density at radius 1 is 0.968 bits per heavy atom. The van der Waals surface area contributed by atoms with Crippen molar-refractivity contribution in [3.63, 3.8) is 0 Å². The predicted octanol–water partition coefficient (Wildman–Crippen LogP) is 2.92. The van der Waals surface area contributed by atoms with Crippen LogP contribution in [0.3, 0.4) is 0 Å². The molecule has 2 aromatic carbocycles. The van der Waals surface area contributed by atoms with Crippen LogP contribution >= 0.6 is 23.2 Å². The molecule has 2 amide bonds. The largest absolute Gasteiger partial charge is 0.350 e. The molecule has 0 aromatic heterocycles. The summed E-state index contributed by atoms with van der Waals surface area (Å²) in [6.45, 7) is 1.63. The van der Waals surface area contributed by atoms with Crippen LogP contribution in [0, 0.1) is 0 Å². The second-order valence-corrected chi connectivity index (χ2v) is 10.1. The van der Waals surface area contributed by atoms with Crippen LogP contribution in [0.2, 0.25) is 10.0 Å². The Kier molecular flexibility index (Phi) is 8.88. The van der Waals surface area contributed by atoms with Gasteiger partial charge in [-0.1, -0.05) is 47.5 Å². The molecule has 0 fully saturated rings. The Labute approximate surface area is 193 Å². The molecule has 0 bridgehead atoms. The molecule has 0 saturated carbocycles. The molecule has 7 nitrogen and oxygen atoms in total. The molecule has 2 rings (SSSR count). The Hall–Kier alpha value is -2.13. The van der Waals surface area contributed by atoms with E-state index in [0.717, 1.165) is 21.7 Å². The number of nitrogens with zero attached hydrogens (tertiary/aromatic N) is 2. The highest BCUT2D eigenvalue weighted by Gasteiger charge is 2.28. The zero-order chi connectivity index (χ0) is 23.2. The van der Waals surface area contributed by atoms with E-state index in [9.17, 15) is 18.0 Å². The lowest BCUT2D eigenvalue weighted by Crippen LogP contribution is -2.50. The standard InChI is InChI=1S/C21H25Cl2N3O4S/c1-15(21(28)24-12-16-4-8-18(22)9-5-16)26(13-17-6-10-19(23)11-7-17)20(27)14-25(2)31(3,29)30/h4-11,15H,12-14H2,1-3H3,(H,24,28). The van der Waals surface area contributed by atoms with E-state index in [1.807, 2.05) is 0 Å². The van der Waals surface area contributed by atoms with Crippen LogP contribution in [0.25, 0.3) is 0 Å². The van der Waals surface area contributed by atoms with Crippen molar-refractivity contribution in [2.24, 2.45) is 0 Å². The molecule has 2 aromatic rings. The summed E-state index contributed by atoms with van der Waals surface area (Å²) in [4.78, 5) is 27.0. The maximum Gasteiger partial charge on any atom is 0.242 e. The number of carbonyl (C=O) groups excluding carboxylic acids is 2. The van der Waals surface area contributed by atoms with E-state index in [1.165, 1.54) is 11.9 Å². The average Bonchev–Trinajstić information content (AvgIpc) is 2.71. The van der Waals surface area contributed by atoms with Crippen LogP contribution in [0.4, 0.5) is 0 Å². The first kappa shape index (κ1) is 25.1. The summed E-state index contributed by atoms with van der Waals surface area (Å²) in [5.74, 6) is -0.851. The Morgan fingerprint density at radius 2 is 1.45 bits per heavy atom. The predicted molar refractivity (Wildman–Crippen MR) is 122 cm³/mol. The number of nitrogens with one attached hydrogen (secondary N) is 1. The molecule has 0 spiro atoms. The summed E-state index contributed by atoms with van der Waals surface area (Å²) in [6.07, 6.45) is 1.02. The third-order valence-electron chi connectivity index (χ3n) is 4.74. The van der Waals surface area contributed by atoms with Gasteiger partial charge in [0, 0.05) is 30.2 Å². The molecule has 0 heterocycles. The first-order chi connectivity index (χ1) is 14.5. The fourth-order valence-electron chi connectivity index (χ4n) is 2.71. The number of halogens is 2. The quantitative estimate of drug-likeness (QED) is 0.591. The summed E-state index contributed by atoms with van der Waals surface area (Å²) in [5, 5.41) is 3.95. The van der Waals surface area contributed by atoms with Crippen molar-refractivity contribution in [1.29, 1.82) is 0 Å². The maximum atomic E-state index is 12.9. The summed E-state index contributed by atoms with van der Waals surface area (Å²) < 4.78 is 24.4. The number of sulfonamides is 1. The molecular formula is C21H25Cl2N3O4S. The lowest BCUT2D eigenvalue weighted by Gasteiger charge is -2.30. The van der Waals surface area contributed by atoms with E-state index in [-0.39, 0.29) is 25.5 Å². The van der Waals surface area contributed by atoms with Crippen LogP contribution in [0.5, 0.6) is 0 Å². The van der Waals surface area contributed by atoms with E-state index in [0.29, 0.717) is 10.0 Å². The van der Waals surface area contributed by atoms with Crippen LogP contribution in [0.1, 0.15) is 18.1 Å². The average molecular weight is 486 g/mol. The minimum absolute atomic E-state index is 0.128. The van der Waals surface area contributed by atoms with Gasteiger partial charge in [-0.25, -0.2) is 8.42 Å². The van der Waals surface area contributed by atoms with Gasteiger partial charge in [0.05, 0.1) is 12.8 Å². The summed E-state index contributed by atoms with van der Waals surface area (Å²) in [6, 6.07) is 13.1. The molecule has 0 radical (unpaired) electrons. The van der Waals surface area contributed by atoms with Crippen LogP contribution in [0.15, 0.2) is 48.5 Å². The van der Waals surface area contributed by atoms with Gasteiger partial charge in [-0.3, -0.25) is 9.59 Å². The van der Waals surface area contributed by atoms with Gasteiger partial charge in [0.25, 0.3) is 0 Å². The molecule has 1 atom stereocenters. The van der Waals surface area contributed by atoms with Crippen molar-refractivity contribution < 1.29 is 18.0 Å². The highest BCUT2D eigenvalue weighted by Crippen LogP contribution is 2.15. The Morgan fingerprint density at radius 3 is 1.94 bits per heavy atom. The number of benzene rings is 2. The summed E-state index contributed by atoms with van der Waals surface area (Å²) in [7, 11) is -2.23. The van der Waals surface area contributed by atoms with Crippen molar-refractivity contribution in [1.82, 2.24) is 14.5 Å². The number of hydrogen-bond donors (Lipinski definition) is 1. The van der Waals surface area contributed by atoms with Crippen molar-refractivity contribution in [2.75, 3.05) is 19.8 Å². The highest BCUT2D eigenvalue weighted by molar-refractivity contribution is 7.88. The molecule has 0 aliphatic rings. The van der Waals surface area contributed by atoms with Gasteiger partial charge < -0.3 is 10.2 Å². The number of rotatable bonds is 9. The number of likely N-dealkylation sites (N-methyl/N-ethyl adjacent to an activating group) is 1. The molecular weight excluding hydrogens is 461 g/mol. The van der Waals surface area contributed by atoms with E-state index in [2.05, 4.69) is 5.32 Å². The molecule has 0 aliphatic heterocycles. The first-order valence-corrected chi connectivity index (χ1v) is 12.0. The second-order valence-electron chi connectivity index (χ2n) is 7.19. The minimum atomic E-state index is -3.55. The van der Waals surface area contributed by atoms with Crippen molar-refractivity contribution in [3.8, 4) is 0 Å². The lowest BCUT2D eigenvalue weighted by molar-refractivity contribution is -0.140. The maximum absolute atomic E-state index is 12.9. The van der Waals surface area contributed by atoms with Gasteiger partial charge in [-0.15, -0.1) is 0 Å². The number of hydrogen-bond acceptors (Lipinski definition) is 4. The van der Waals surface area contributed by atoms with E-state index in [4.69, 9.17) is 23.2 Å². The van der Waals surface area contributed by atoms with Gasteiger partial charge in [0.2, 0.25) is 21.8 Å². The topological polar surface area (TPSA) is 86.8 Å². The fraction of sp³-hybridized carbons (Fsp3) is 0.333. The smallest absolute Gasteiger partial charge is 0.242 e. The lowest BCUT2D eigenvalue weighted by atomic mass is 10.1. The molecule has 0 aliphatic carbocycles. The second kappa shape index (κ2) is 10.9. The number of amides is 2. The van der Waals surface area contributed by atoms with Gasteiger partial charge in [0.15, 0.2) is 0 Å². The zero-order valence-corrected chi connectivity index (χ0v) is 19.8. The monoisotopic (exact) mass is 485 g/mol. The van der Waals surface area contributed by atoms with E-state index >= 15 is 0 Å². The Bertz CT molecular complexity index is 1010. The van der Waals surface area contributed by atoms with Crippen molar-refractivity contribution in [2.45, 2.75) is 26.1 Å². The van der Waals surface area contributed by atoms with Crippen LogP contribution in [-0.4, -0.2) is 55.3 Å². The molecule has 0 saturated heterocycles. The van der Waals surface area contributed by atoms with Crippen molar-refractivity contribution in [3.05, 3.63) is 69.7 Å². The van der Waals surface area contributed by atoms with E-state index in [1.54, 1.807) is 55.5 Å². The SMILES string of the molecule is CC(C(=O)NCc1ccc(Cl)cc1)N(Cc1ccc(Cl)cc1)C(=O)CN(C)S(C)(=O)=O. The highest BCUT2D eigenvalue weighted by atomic mass is 35.5. The summed E-state index contributed by atoms with van der Waals surface area (Å²) >= 11 is 11.8. The minimum Gasteiger partial charge on any atom is -0.350 e. The van der Waals surface area contributed by atoms with Gasteiger partial charge in [-0.2, -0.15) is 4.31 Å². The molecule has 168 valence electrons. The third-order valence-corrected chi connectivity index (χ3v) is 6.50. The van der Waals surface area contributed by atoms with E-state index < -0.39 is 22.0 Å². The third kappa shape index (κ3) is 7.81. The zero-order valence-electron chi connectivity index (χ0n) is 17.5. The van der Waals surface area contributed by atoms with Gasteiger partial charge in [0.1, 0.15) is 6.04 Å². The van der Waals surface area contributed by atoms with Crippen LogP contribution < -0.4 is 5.32 Å². The fourth-order valence-corrected chi connectivity index (χ4v) is 3.30. The first-order valence-electron chi connectivity index (χ1n) is 9.44. The van der Waals surface area contributed by atoms with Crippen molar-refractivity contribution >= 4 is 45.0 Å². The molecule has 1 N–H and O–H groups in total. The molecule has 10 heteroatoms. The summed E-state index contributed by atoms with van der Waals surface area (Å²) in [5.41, 5.74) is 1.62. The Balaban J connectivity index is 2.16.